The molecule has 1 saturated carbocycles. The van der Waals surface area contributed by atoms with Crippen molar-refractivity contribution in [3.05, 3.63) is 65.4 Å². The van der Waals surface area contributed by atoms with Gasteiger partial charge >= 0.3 is 17.6 Å². The Kier molecular flexibility index (Phi) is 5.32. The van der Waals surface area contributed by atoms with Crippen LogP contribution in [-0.2, 0) is 19.1 Å². The Labute approximate surface area is 210 Å². The van der Waals surface area contributed by atoms with Gasteiger partial charge in [-0.05, 0) is 69.4 Å². The van der Waals surface area contributed by atoms with Crippen molar-refractivity contribution in [3.63, 3.8) is 0 Å². The Morgan fingerprint density at radius 3 is 2.39 bits per heavy atom. The average molecular weight is 485 g/mol. The maximum absolute atomic E-state index is 13.9. The lowest BCUT2D eigenvalue weighted by Gasteiger charge is -2.37. The molecule has 0 bridgehead atoms. The number of carbonyl (C=O) groups is 3. The minimum absolute atomic E-state index is 0.112. The fourth-order valence-electron chi connectivity index (χ4n) is 5.76. The van der Waals surface area contributed by atoms with Gasteiger partial charge < -0.3 is 14.5 Å². The summed E-state index contributed by atoms with van der Waals surface area (Å²) in [4.78, 5) is 43.0. The zero-order valence-electron chi connectivity index (χ0n) is 20.8. The van der Waals surface area contributed by atoms with Crippen LogP contribution in [0.5, 0.6) is 0 Å². The zero-order chi connectivity index (χ0) is 25.0. The van der Waals surface area contributed by atoms with Crippen LogP contribution in [0.15, 0.2) is 59.8 Å². The van der Waals surface area contributed by atoms with Gasteiger partial charge in [0.2, 0.25) is 11.6 Å². The lowest BCUT2D eigenvalue weighted by Crippen LogP contribution is -2.56. The molecule has 36 heavy (non-hydrogen) atoms. The van der Waals surface area contributed by atoms with Crippen molar-refractivity contribution in [2.45, 2.75) is 46.0 Å². The van der Waals surface area contributed by atoms with E-state index >= 15 is 0 Å². The highest BCUT2D eigenvalue weighted by Crippen LogP contribution is 2.59. The number of rotatable bonds is 5. The second kappa shape index (κ2) is 8.43. The maximum Gasteiger partial charge on any atom is 0.404 e. The predicted molar refractivity (Wildman–Crippen MR) is 136 cm³/mol. The Balaban J connectivity index is 1.39. The average Bonchev–Trinajstić information content (AvgIpc) is 3.61. The number of aryl methyl sites for hydroxylation is 1. The first-order valence-corrected chi connectivity index (χ1v) is 12.8. The third-order valence-electron chi connectivity index (χ3n) is 7.74. The fraction of sp³-hybridized carbons (Fsp3) is 0.379. The summed E-state index contributed by atoms with van der Waals surface area (Å²) in [6.45, 7) is 5.35. The zero-order valence-corrected chi connectivity index (χ0v) is 20.8. The highest BCUT2D eigenvalue weighted by atomic mass is 16.5. The lowest BCUT2D eigenvalue weighted by atomic mass is 9.80. The van der Waals surface area contributed by atoms with Gasteiger partial charge in [0.05, 0.1) is 6.61 Å². The molecule has 3 fully saturated rings. The molecule has 4 aliphatic rings. The summed E-state index contributed by atoms with van der Waals surface area (Å²) in [6.07, 6.45) is 4.39. The molecule has 7 heteroatoms. The normalized spacial score (nSPS) is 20.5. The molecule has 2 aromatic carbocycles. The van der Waals surface area contributed by atoms with Crippen LogP contribution in [-0.4, -0.2) is 47.8 Å². The molecule has 1 spiro atoms. The first kappa shape index (κ1) is 22.7. The van der Waals surface area contributed by atoms with Crippen LogP contribution in [0.25, 0.3) is 0 Å². The van der Waals surface area contributed by atoms with Gasteiger partial charge in [0.1, 0.15) is 5.57 Å². The van der Waals surface area contributed by atoms with E-state index in [0.717, 1.165) is 60.4 Å². The maximum atomic E-state index is 13.9. The van der Waals surface area contributed by atoms with Crippen molar-refractivity contribution in [1.82, 2.24) is 0 Å². The quantitative estimate of drug-likeness (QED) is 0.470. The molecule has 0 N–H and O–H groups in total. The molecule has 0 radical (unpaired) electrons. The molecular formula is C29H30N3O4+. The van der Waals surface area contributed by atoms with E-state index < -0.39 is 0 Å². The topological polar surface area (TPSA) is 69.9 Å². The SMILES string of the molecule is CCOC(=O)C1=C2C(=[N+]1c1cccc(C)c1)C(=O)N(c1ccc(N3CCCCC3=O)cc1)CC21CC1. The van der Waals surface area contributed by atoms with Gasteiger partial charge in [0.25, 0.3) is 5.71 Å². The van der Waals surface area contributed by atoms with Crippen LogP contribution >= 0.6 is 0 Å². The minimum atomic E-state index is -0.374. The monoisotopic (exact) mass is 484 g/mol. The second-order valence-electron chi connectivity index (χ2n) is 10.2. The minimum Gasteiger partial charge on any atom is -0.458 e. The number of anilines is 2. The summed E-state index contributed by atoms with van der Waals surface area (Å²) in [7, 11) is 0. The van der Waals surface area contributed by atoms with Crippen LogP contribution in [0.2, 0.25) is 0 Å². The summed E-state index contributed by atoms with van der Waals surface area (Å²) in [6, 6.07) is 15.6. The fourth-order valence-corrected chi connectivity index (χ4v) is 5.76. The summed E-state index contributed by atoms with van der Waals surface area (Å²) in [5.41, 5.74) is 5.24. The predicted octanol–water partition coefficient (Wildman–Crippen LogP) is 4.25. The van der Waals surface area contributed by atoms with E-state index in [1.165, 1.54) is 0 Å². The van der Waals surface area contributed by atoms with E-state index in [1.807, 2.05) is 65.3 Å². The third kappa shape index (κ3) is 3.48. The Morgan fingerprint density at radius 1 is 1.03 bits per heavy atom. The van der Waals surface area contributed by atoms with Crippen molar-refractivity contribution >= 4 is 40.6 Å². The molecule has 0 atom stereocenters. The standard InChI is InChI=1S/C29H30N3O4/c1-3-36-28(35)26-24-25(32(26)22-8-6-7-19(2)17-22)27(34)31(18-29(24)14-15-29)21-12-10-20(11-13-21)30-16-5-4-9-23(30)33/h6-8,10-13,17H,3-5,9,14-16,18H2,1-2H3/q+1. The van der Waals surface area contributed by atoms with Gasteiger partial charge in [-0.2, -0.15) is 0 Å². The van der Waals surface area contributed by atoms with Gasteiger partial charge in [-0.25, -0.2) is 4.79 Å². The van der Waals surface area contributed by atoms with Crippen molar-refractivity contribution in [1.29, 1.82) is 0 Å². The number of piperidine rings is 2. The van der Waals surface area contributed by atoms with Crippen LogP contribution in [0.3, 0.4) is 0 Å². The molecule has 184 valence electrons. The van der Waals surface area contributed by atoms with E-state index in [1.54, 1.807) is 11.5 Å². The number of carbonyl (C=O) groups excluding carboxylic acids is 3. The third-order valence-corrected chi connectivity index (χ3v) is 7.74. The van der Waals surface area contributed by atoms with Crippen LogP contribution in [0.4, 0.5) is 17.1 Å². The first-order valence-electron chi connectivity index (χ1n) is 12.8. The van der Waals surface area contributed by atoms with Gasteiger partial charge in [-0.1, -0.05) is 12.1 Å². The summed E-state index contributed by atoms with van der Waals surface area (Å²) in [5.74, 6) is -0.334. The molecule has 3 aliphatic heterocycles. The van der Waals surface area contributed by atoms with E-state index in [2.05, 4.69) is 0 Å². The van der Waals surface area contributed by atoms with Gasteiger partial charge in [-0.15, -0.1) is 4.58 Å². The van der Waals surface area contributed by atoms with E-state index in [-0.39, 0.29) is 29.8 Å². The molecule has 2 amide bonds. The largest absolute Gasteiger partial charge is 0.458 e. The number of esters is 1. The number of hydrogen-bond donors (Lipinski definition) is 0. The Morgan fingerprint density at radius 2 is 1.75 bits per heavy atom. The lowest BCUT2D eigenvalue weighted by molar-refractivity contribution is -0.396. The summed E-state index contributed by atoms with van der Waals surface area (Å²) < 4.78 is 7.20. The molecule has 2 saturated heterocycles. The Bertz CT molecular complexity index is 1350. The van der Waals surface area contributed by atoms with Crippen molar-refractivity contribution in [2.75, 3.05) is 29.5 Å². The van der Waals surface area contributed by atoms with Gasteiger partial charge in [0, 0.05) is 48.4 Å². The smallest absolute Gasteiger partial charge is 0.404 e. The highest BCUT2D eigenvalue weighted by molar-refractivity contribution is 6.51. The molecule has 0 aromatic heterocycles. The number of hydrogen-bond acceptors (Lipinski definition) is 4. The molecule has 6 rings (SSSR count). The second-order valence-corrected chi connectivity index (χ2v) is 10.2. The highest BCUT2D eigenvalue weighted by Gasteiger charge is 2.66. The number of fused-ring (bicyclic) bond motifs is 2. The van der Waals surface area contributed by atoms with E-state index in [0.29, 0.717) is 24.4 Å². The van der Waals surface area contributed by atoms with Gasteiger partial charge in [-0.3, -0.25) is 9.59 Å². The number of ether oxygens (including phenoxy) is 1. The molecular weight excluding hydrogens is 454 g/mol. The van der Waals surface area contributed by atoms with E-state index in [4.69, 9.17) is 4.74 Å². The van der Waals surface area contributed by atoms with Gasteiger partial charge in [0.15, 0.2) is 0 Å². The Hall–Kier alpha value is -3.74. The molecule has 7 nitrogen and oxygen atoms in total. The van der Waals surface area contributed by atoms with Crippen LogP contribution in [0.1, 0.15) is 44.6 Å². The summed E-state index contributed by atoms with van der Waals surface area (Å²) in [5, 5.41) is 0. The van der Waals surface area contributed by atoms with Crippen LogP contribution in [0, 0.1) is 12.3 Å². The number of amides is 2. The molecule has 3 heterocycles. The van der Waals surface area contributed by atoms with E-state index in [9.17, 15) is 14.4 Å². The van der Waals surface area contributed by atoms with Crippen molar-refractivity contribution < 1.29 is 23.7 Å². The molecule has 1 aliphatic carbocycles. The first-order chi connectivity index (χ1) is 17.4. The van der Waals surface area contributed by atoms with Crippen molar-refractivity contribution in [2.24, 2.45) is 5.41 Å². The number of benzene rings is 2. The molecule has 0 unspecified atom stereocenters. The van der Waals surface area contributed by atoms with Crippen molar-refractivity contribution in [3.8, 4) is 0 Å². The molecule has 2 aromatic rings. The number of nitrogens with zero attached hydrogens (tertiary/aromatic N) is 3. The van der Waals surface area contributed by atoms with Crippen LogP contribution < -0.4 is 9.80 Å². The summed E-state index contributed by atoms with van der Waals surface area (Å²) >= 11 is 0.